The highest BCUT2D eigenvalue weighted by molar-refractivity contribution is 7.13. The number of carbonyl (C=O) groups excluding carboxylic acids is 1. The van der Waals surface area contributed by atoms with E-state index < -0.39 is 0 Å². The predicted molar refractivity (Wildman–Crippen MR) is 128 cm³/mol. The van der Waals surface area contributed by atoms with Crippen LogP contribution < -0.4 is 10.1 Å². The summed E-state index contributed by atoms with van der Waals surface area (Å²) in [5.41, 5.74) is 2.10. The molecule has 0 spiro atoms. The first-order valence-electron chi connectivity index (χ1n) is 9.87. The number of carbonyl (C=O) groups is 1. The van der Waals surface area contributed by atoms with E-state index in [1.807, 2.05) is 78.3 Å². The summed E-state index contributed by atoms with van der Waals surface area (Å²) in [6.07, 6.45) is 0. The lowest BCUT2D eigenvalue weighted by Gasteiger charge is -2.11. The number of anilines is 1. The zero-order valence-electron chi connectivity index (χ0n) is 17.1. The second kappa shape index (κ2) is 8.78. The molecular formula is C24H18N4O2S2. The standard InChI is InChI=1S/C24H18N4O2S2/c1-16-15-32-24(25-16)28-22(14-19(27-28)21-12-7-13-31-21)26-23(29)18-10-5-6-11-20(18)30-17-8-3-2-4-9-17/h2-15H,1H3,(H,26,29). The second-order valence-electron chi connectivity index (χ2n) is 6.94. The molecule has 6 nitrogen and oxygen atoms in total. The Labute approximate surface area is 192 Å². The van der Waals surface area contributed by atoms with E-state index in [1.165, 1.54) is 11.3 Å². The third-order valence-corrected chi connectivity index (χ3v) is 6.44. The first-order chi connectivity index (χ1) is 15.7. The molecule has 0 saturated heterocycles. The van der Waals surface area contributed by atoms with Crippen LogP contribution in [0.2, 0.25) is 0 Å². The van der Waals surface area contributed by atoms with Crippen LogP contribution in [0.3, 0.4) is 0 Å². The van der Waals surface area contributed by atoms with Crippen LogP contribution >= 0.6 is 22.7 Å². The number of hydrogen-bond donors (Lipinski definition) is 1. The minimum Gasteiger partial charge on any atom is -0.457 e. The molecule has 1 amide bonds. The highest BCUT2D eigenvalue weighted by Crippen LogP contribution is 2.30. The Bertz CT molecular complexity index is 1360. The molecular weight excluding hydrogens is 440 g/mol. The third-order valence-electron chi connectivity index (χ3n) is 4.62. The molecule has 0 radical (unpaired) electrons. The maximum absolute atomic E-state index is 13.3. The van der Waals surface area contributed by atoms with Crippen molar-refractivity contribution in [2.24, 2.45) is 0 Å². The summed E-state index contributed by atoms with van der Waals surface area (Å²) in [6, 6.07) is 22.4. The lowest BCUT2D eigenvalue weighted by Crippen LogP contribution is -2.16. The van der Waals surface area contributed by atoms with Gasteiger partial charge in [0.2, 0.25) is 5.13 Å². The Balaban J connectivity index is 1.48. The van der Waals surface area contributed by atoms with Crippen molar-refractivity contribution in [3.8, 4) is 27.2 Å². The average Bonchev–Trinajstić information content (AvgIpc) is 3.56. The number of thiazole rings is 1. The molecule has 5 rings (SSSR count). The van der Waals surface area contributed by atoms with Crippen molar-refractivity contribution in [3.63, 3.8) is 0 Å². The number of hydrogen-bond acceptors (Lipinski definition) is 6. The largest absolute Gasteiger partial charge is 0.457 e. The lowest BCUT2D eigenvalue weighted by molar-refractivity contribution is 0.102. The summed E-state index contributed by atoms with van der Waals surface area (Å²) in [5.74, 6) is 1.40. The molecule has 0 fully saturated rings. The quantitative estimate of drug-likeness (QED) is 0.319. The van der Waals surface area contributed by atoms with Crippen molar-refractivity contribution < 1.29 is 9.53 Å². The number of amides is 1. The summed E-state index contributed by atoms with van der Waals surface area (Å²) in [4.78, 5) is 18.8. The number of nitrogens with one attached hydrogen (secondary N) is 1. The van der Waals surface area contributed by atoms with Gasteiger partial charge in [0, 0.05) is 11.4 Å². The van der Waals surface area contributed by atoms with Gasteiger partial charge >= 0.3 is 0 Å². The summed E-state index contributed by atoms with van der Waals surface area (Å²) in [5, 5.41) is 12.3. The smallest absolute Gasteiger partial charge is 0.260 e. The fraction of sp³-hybridized carbons (Fsp3) is 0.0417. The monoisotopic (exact) mass is 458 g/mol. The molecule has 1 N–H and O–H groups in total. The van der Waals surface area contributed by atoms with E-state index in [4.69, 9.17) is 9.84 Å². The van der Waals surface area contributed by atoms with E-state index in [0.717, 1.165) is 16.3 Å². The average molecular weight is 459 g/mol. The summed E-state index contributed by atoms with van der Waals surface area (Å²) >= 11 is 3.06. The Morgan fingerprint density at radius 3 is 2.56 bits per heavy atom. The number of nitrogens with zero attached hydrogens (tertiary/aromatic N) is 3. The minimum atomic E-state index is -0.288. The molecule has 0 unspecified atom stereocenters. The fourth-order valence-corrected chi connectivity index (χ4v) is 4.59. The SMILES string of the molecule is Cc1csc(-n2nc(-c3cccs3)cc2NC(=O)c2ccccc2Oc2ccccc2)n1. The predicted octanol–water partition coefficient (Wildman–Crippen LogP) is 6.41. The highest BCUT2D eigenvalue weighted by Gasteiger charge is 2.19. The molecule has 0 aliphatic carbocycles. The van der Waals surface area contributed by atoms with Crippen molar-refractivity contribution in [3.05, 3.63) is 94.8 Å². The summed E-state index contributed by atoms with van der Waals surface area (Å²) in [6.45, 7) is 1.93. The molecule has 8 heteroatoms. The molecule has 3 aromatic heterocycles. The maximum Gasteiger partial charge on any atom is 0.260 e. The van der Waals surface area contributed by atoms with Gasteiger partial charge in [-0.15, -0.1) is 22.7 Å². The zero-order chi connectivity index (χ0) is 21.9. The van der Waals surface area contributed by atoms with Crippen LogP contribution in [0, 0.1) is 6.92 Å². The molecule has 5 aromatic rings. The van der Waals surface area contributed by atoms with Gasteiger partial charge < -0.3 is 10.1 Å². The number of para-hydroxylation sites is 2. The number of benzene rings is 2. The van der Waals surface area contributed by atoms with Gasteiger partial charge in [0.05, 0.1) is 16.1 Å². The van der Waals surface area contributed by atoms with E-state index >= 15 is 0 Å². The molecule has 0 bridgehead atoms. The van der Waals surface area contributed by atoms with Gasteiger partial charge in [-0.1, -0.05) is 36.4 Å². The molecule has 3 heterocycles. The fourth-order valence-electron chi connectivity index (χ4n) is 3.14. The number of ether oxygens (including phenoxy) is 1. The zero-order valence-corrected chi connectivity index (χ0v) is 18.7. The van der Waals surface area contributed by atoms with Gasteiger partial charge in [-0.3, -0.25) is 4.79 Å². The van der Waals surface area contributed by atoms with E-state index in [0.29, 0.717) is 28.0 Å². The van der Waals surface area contributed by atoms with Crippen LogP contribution in [-0.2, 0) is 0 Å². The Morgan fingerprint density at radius 2 is 1.81 bits per heavy atom. The first kappa shape index (κ1) is 20.2. The normalized spacial score (nSPS) is 10.8. The molecule has 158 valence electrons. The number of aryl methyl sites for hydroxylation is 1. The first-order valence-corrected chi connectivity index (χ1v) is 11.6. The van der Waals surface area contributed by atoms with Gasteiger partial charge in [0.1, 0.15) is 23.0 Å². The van der Waals surface area contributed by atoms with Crippen molar-refractivity contribution >= 4 is 34.4 Å². The maximum atomic E-state index is 13.3. The summed E-state index contributed by atoms with van der Waals surface area (Å²) in [7, 11) is 0. The van der Waals surface area contributed by atoms with E-state index in [2.05, 4.69) is 10.3 Å². The van der Waals surface area contributed by atoms with Gasteiger partial charge in [0.15, 0.2) is 0 Å². The van der Waals surface area contributed by atoms with E-state index in [1.54, 1.807) is 28.2 Å². The lowest BCUT2D eigenvalue weighted by atomic mass is 10.2. The van der Waals surface area contributed by atoms with Crippen molar-refractivity contribution in [1.82, 2.24) is 14.8 Å². The molecule has 2 aromatic carbocycles. The second-order valence-corrected chi connectivity index (χ2v) is 8.73. The van der Waals surface area contributed by atoms with Crippen molar-refractivity contribution in [2.45, 2.75) is 6.92 Å². The molecule has 0 aliphatic heterocycles. The Morgan fingerprint density at radius 1 is 1.00 bits per heavy atom. The minimum absolute atomic E-state index is 0.288. The molecule has 0 saturated carbocycles. The van der Waals surface area contributed by atoms with Gasteiger partial charge in [0.25, 0.3) is 5.91 Å². The van der Waals surface area contributed by atoms with Crippen LogP contribution in [0.4, 0.5) is 5.82 Å². The van der Waals surface area contributed by atoms with E-state index in [9.17, 15) is 4.79 Å². The molecule has 0 aliphatic rings. The summed E-state index contributed by atoms with van der Waals surface area (Å²) < 4.78 is 7.63. The van der Waals surface area contributed by atoms with Crippen molar-refractivity contribution in [2.75, 3.05) is 5.32 Å². The molecule has 0 atom stereocenters. The van der Waals surface area contributed by atoms with E-state index in [-0.39, 0.29) is 5.91 Å². The number of aromatic nitrogens is 3. The van der Waals surface area contributed by atoms with Crippen molar-refractivity contribution in [1.29, 1.82) is 0 Å². The topological polar surface area (TPSA) is 69.0 Å². The molecule has 32 heavy (non-hydrogen) atoms. The third kappa shape index (κ3) is 4.18. The van der Waals surface area contributed by atoms with Crippen LogP contribution in [0.5, 0.6) is 11.5 Å². The van der Waals surface area contributed by atoms with Crippen LogP contribution in [0.25, 0.3) is 15.7 Å². The van der Waals surface area contributed by atoms with Crippen LogP contribution in [-0.4, -0.2) is 20.7 Å². The Hall–Kier alpha value is -3.75. The van der Waals surface area contributed by atoms with Crippen LogP contribution in [0.15, 0.2) is 83.6 Å². The van der Waals surface area contributed by atoms with Crippen LogP contribution in [0.1, 0.15) is 16.1 Å². The van der Waals surface area contributed by atoms with Gasteiger partial charge in [-0.05, 0) is 42.6 Å². The van der Waals surface area contributed by atoms with Gasteiger partial charge in [-0.2, -0.15) is 9.78 Å². The number of rotatable bonds is 6. The highest BCUT2D eigenvalue weighted by atomic mass is 32.1. The Kier molecular flexibility index (Phi) is 5.53. The number of thiophene rings is 1. The van der Waals surface area contributed by atoms with Gasteiger partial charge in [-0.25, -0.2) is 4.98 Å².